The minimum Gasteiger partial charge on any atom is -0.300 e. The molecule has 1 aromatic carbocycles. The van der Waals surface area contributed by atoms with Crippen LogP contribution < -0.4 is 10.9 Å². The Labute approximate surface area is 128 Å². The molecule has 1 aromatic heterocycles. The molecule has 1 heterocycles. The summed E-state index contributed by atoms with van der Waals surface area (Å²) in [6.07, 6.45) is 6.09. The number of rotatable bonds is 4. The smallest absolute Gasteiger partial charge is 0.136 e. The van der Waals surface area contributed by atoms with Crippen LogP contribution in [0.1, 0.15) is 28.8 Å². The summed E-state index contributed by atoms with van der Waals surface area (Å²) in [6.45, 7) is 0. The standard InChI is InChI=1S/C16H16N4S/c17-10-14-13-8-4-5-9-15(13)21-16(14)18-11-19-20-12-6-2-1-3-7-12/h1-3,6-7,11,20H,4-5,8-9H2,(H,18,19). The Balaban J connectivity index is 1.69. The van der Waals surface area contributed by atoms with Crippen LogP contribution in [0.4, 0.5) is 10.7 Å². The molecule has 5 heteroatoms. The summed E-state index contributed by atoms with van der Waals surface area (Å²) < 4.78 is 0. The summed E-state index contributed by atoms with van der Waals surface area (Å²) in [4.78, 5) is 5.73. The predicted molar refractivity (Wildman–Crippen MR) is 87.0 cm³/mol. The van der Waals surface area contributed by atoms with E-state index in [0.29, 0.717) is 0 Å². The van der Waals surface area contributed by atoms with Gasteiger partial charge in [-0.1, -0.05) is 18.2 Å². The fraction of sp³-hybridized carbons (Fsp3) is 0.250. The van der Waals surface area contributed by atoms with Gasteiger partial charge in [0, 0.05) is 4.88 Å². The number of aryl methyl sites for hydroxylation is 1. The Hall–Kier alpha value is -2.32. The van der Waals surface area contributed by atoms with Crippen molar-refractivity contribution in [2.24, 2.45) is 4.99 Å². The number of thiophene rings is 1. The van der Waals surface area contributed by atoms with Crippen molar-refractivity contribution in [1.82, 2.24) is 5.43 Å². The van der Waals surface area contributed by atoms with Gasteiger partial charge in [0.05, 0.1) is 11.3 Å². The van der Waals surface area contributed by atoms with Crippen molar-refractivity contribution in [2.45, 2.75) is 25.7 Å². The number of hydrogen-bond acceptors (Lipinski definition) is 4. The van der Waals surface area contributed by atoms with E-state index in [1.807, 2.05) is 30.3 Å². The first kappa shape index (κ1) is 13.7. The summed E-state index contributed by atoms with van der Waals surface area (Å²) in [5, 5.41) is 10.2. The summed E-state index contributed by atoms with van der Waals surface area (Å²) in [5.41, 5.74) is 8.92. The molecule has 21 heavy (non-hydrogen) atoms. The van der Waals surface area contributed by atoms with Gasteiger partial charge < -0.3 is 5.43 Å². The fourth-order valence-corrected chi connectivity index (χ4v) is 3.67. The van der Waals surface area contributed by atoms with Crippen molar-refractivity contribution in [1.29, 1.82) is 5.26 Å². The Morgan fingerprint density at radius 1 is 1.19 bits per heavy atom. The van der Waals surface area contributed by atoms with Crippen LogP contribution >= 0.6 is 11.3 Å². The number of benzene rings is 1. The van der Waals surface area contributed by atoms with Crippen molar-refractivity contribution in [3.8, 4) is 6.07 Å². The maximum absolute atomic E-state index is 9.34. The van der Waals surface area contributed by atoms with E-state index in [9.17, 15) is 5.26 Å². The molecule has 0 fully saturated rings. The van der Waals surface area contributed by atoms with Gasteiger partial charge in [-0.15, -0.1) is 11.3 Å². The normalized spacial score (nSPS) is 13.7. The van der Waals surface area contributed by atoms with Gasteiger partial charge in [-0.25, -0.2) is 4.99 Å². The molecule has 2 N–H and O–H groups in total. The minimum atomic E-state index is 0.757. The highest BCUT2D eigenvalue weighted by molar-refractivity contribution is 7.16. The van der Waals surface area contributed by atoms with Crippen molar-refractivity contribution in [3.05, 3.63) is 46.3 Å². The maximum Gasteiger partial charge on any atom is 0.136 e. The molecule has 0 saturated heterocycles. The summed E-state index contributed by atoms with van der Waals surface area (Å²) in [5.74, 6) is 0. The van der Waals surface area contributed by atoms with Crippen LogP contribution in [-0.4, -0.2) is 6.34 Å². The van der Waals surface area contributed by atoms with Crippen LogP contribution in [0.3, 0.4) is 0 Å². The molecule has 0 aliphatic heterocycles. The van der Waals surface area contributed by atoms with E-state index in [4.69, 9.17) is 0 Å². The highest BCUT2D eigenvalue weighted by Crippen LogP contribution is 2.38. The highest BCUT2D eigenvalue weighted by Gasteiger charge is 2.19. The molecule has 0 amide bonds. The molecule has 106 valence electrons. The molecule has 3 rings (SSSR count). The lowest BCUT2D eigenvalue weighted by Gasteiger charge is -2.09. The second-order valence-corrected chi connectivity index (χ2v) is 5.98. The van der Waals surface area contributed by atoms with Crippen LogP contribution in [0.2, 0.25) is 0 Å². The highest BCUT2D eigenvalue weighted by atomic mass is 32.1. The molecular formula is C16H16N4S. The van der Waals surface area contributed by atoms with Crippen LogP contribution in [0, 0.1) is 11.3 Å². The van der Waals surface area contributed by atoms with Gasteiger partial charge in [0.2, 0.25) is 0 Å². The van der Waals surface area contributed by atoms with E-state index >= 15 is 0 Å². The number of aliphatic imine (C=N–C) groups is 1. The Kier molecular flexibility index (Phi) is 4.17. The van der Waals surface area contributed by atoms with E-state index in [2.05, 4.69) is 21.9 Å². The molecular weight excluding hydrogens is 280 g/mol. The van der Waals surface area contributed by atoms with Gasteiger partial charge in [-0.05, 0) is 43.4 Å². The molecule has 0 saturated carbocycles. The van der Waals surface area contributed by atoms with Crippen LogP contribution in [-0.2, 0) is 12.8 Å². The average Bonchev–Trinajstić information content (AvgIpc) is 2.90. The van der Waals surface area contributed by atoms with Gasteiger partial charge in [0.15, 0.2) is 0 Å². The van der Waals surface area contributed by atoms with Crippen LogP contribution in [0.5, 0.6) is 0 Å². The van der Waals surface area contributed by atoms with Gasteiger partial charge >= 0.3 is 0 Å². The molecule has 1 aliphatic rings. The largest absolute Gasteiger partial charge is 0.300 e. The van der Waals surface area contributed by atoms with E-state index in [1.165, 1.54) is 23.3 Å². The topological polar surface area (TPSA) is 60.2 Å². The quantitative estimate of drug-likeness (QED) is 0.513. The van der Waals surface area contributed by atoms with Gasteiger partial charge in [0.25, 0.3) is 0 Å². The van der Waals surface area contributed by atoms with Gasteiger partial charge in [-0.3, -0.25) is 5.43 Å². The summed E-state index contributed by atoms with van der Waals surface area (Å²) in [7, 11) is 0. The fourth-order valence-electron chi connectivity index (χ4n) is 2.49. The third-order valence-electron chi connectivity index (χ3n) is 3.50. The Morgan fingerprint density at radius 2 is 2.00 bits per heavy atom. The minimum absolute atomic E-state index is 0.757. The van der Waals surface area contributed by atoms with Gasteiger partial charge in [0.1, 0.15) is 17.4 Å². The van der Waals surface area contributed by atoms with Crippen LogP contribution in [0.25, 0.3) is 0 Å². The Morgan fingerprint density at radius 3 is 2.81 bits per heavy atom. The van der Waals surface area contributed by atoms with Crippen molar-refractivity contribution in [2.75, 3.05) is 5.43 Å². The van der Waals surface area contributed by atoms with E-state index < -0.39 is 0 Å². The first-order chi connectivity index (χ1) is 10.4. The van der Waals surface area contributed by atoms with Crippen molar-refractivity contribution in [3.63, 3.8) is 0 Å². The second-order valence-electron chi connectivity index (χ2n) is 4.90. The molecule has 0 bridgehead atoms. The lowest BCUT2D eigenvalue weighted by Crippen LogP contribution is -2.18. The molecule has 0 spiro atoms. The number of para-hydroxylation sites is 1. The Bertz CT molecular complexity index is 682. The number of hydrazine groups is 1. The summed E-state index contributed by atoms with van der Waals surface area (Å²) in [6, 6.07) is 12.1. The monoisotopic (exact) mass is 296 g/mol. The van der Waals surface area contributed by atoms with Crippen LogP contribution in [0.15, 0.2) is 35.3 Å². The number of anilines is 1. The molecule has 0 radical (unpaired) electrons. The van der Waals surface area contributed by atoms with E-state index in [-0.39, 0.29) is 0 Å². The SMILES string of the molecule is N#Cc1c(N=CNNc2ccccc2)sc2c1CCCC2. The maximum atomic E-state index is 9.34. The van der Waals surface area contributed by atoms with Crippen molar-refractivity contribution < 1.29 is 0 Å². The molecule has 0 unspecified atom stereocenters. The zero-order valence-electron chi connectivity index (χ0n) is 11.6. The van der Waals surface area contributed by atoms with Crippen molar-refractivity contribution >= 4 is 28.4 Å². The lowest BCUT2D eigenvalue weighted by atomic mass is 9.96. The molecule has 4 nitrogen and oxygen atoms in total. The summed E-state index contributed by atoms with van der Waals surface area (Å²) >= 11 is 1.64. The third-order valence-corrected chi connectivity index (χ3v) is 4.70. The molecule has 2 aromatic rings. The molecule has 1 aliphatic carbocycles. The first-order valence-electron chi connectivity index (χ1n) is 7.02. The number of nitrogens with one attached hydrogen (secondary N) is 2. The van der Waals surface area contributed by atoms with E-state index in [0.717, 1.165) is 29.1 Å². The second kappa shape index (κ2) is 6.42. The zero-order valence-corrected chi connectivity index (χ0v) is 12.4. The van der Waals surface area contributed by atoms with E-state index in [1.54, 1.807) is 17.7 Å². The number of nitriles is 1. The number of nitrogens with zero attached hydrogens (tertiary/aromatic N) is 2. The average molecular weight is 296 g/mol. The van der Waals surface area contributed by atoms with Gasteiger partial charge in [-0.2, -0.15) is 5.26 Å². The lowest BCUT2D eigenvalue weighted by molar-refractivity contribution is 0.696. The number of fused-ring (bicyclic) bond motifs is 1. The zero-order chi connectivity index (χ0) is 14.5. The molecule has 0 atom stereocenters. The number of hydrogen-bond donors (Lipinski definition) is 2. The third kappa shape index (κ3) is 3.06. The predicted octanol–water partition coefficient (Wildman–Crippen LogP) is 3.78. The first-order valence-corrected chi connectivity index (χ1v) is 7.84.